The highest BCUT2D eigenvalue weighted by molar-refractivity contribution is 7.09. The highest BCUT2D eigenvalue weighted by Crippen LogP contribution is 2.21. The number of rotatable bonds is 7. The van der Waals surface area contributed by atoms with E-state index in [0.717, 1.165) is 4.88 Å². The molecule has 6 N–H and O–H groups in total. The van der Waals surface area contributed by atoms with Gasteiger partial charge < -0.3 is 26.6 Å². The van der Waals surface area contributed by atoms with Gasteiger partial charge in [0.25, 0.3) is 5.91 Å². The third-order valence-electron chi connectivity index (χ3n) is 4.72. The number of hydrogen-bond donors (Lipinski definition) is 5. The van der Waals surface area contributed by atoms with Crippen molar-refractivity contribution in [3.05, 3.63) is 64.1 Å². The van der Waals surface area contributed by atoms with Gasteiger partial charge in [-0.05, 0) is 23.6 Å². The second-order valence-corrected chi connectivity index (χ2v) is 7.94. The Labute approximate surface area is 176 Å². The summed E-state index contributed by atoms with van der Waals surface area (Å²) in [5.41, 5.74) is 5.83. The van der Waals surface area contributed by atoms with Gasteiger partial charge in [0.2, 0.25) is 11.8 Å². The smallest absolute Gasteiger partial charge is 0.253 e. The monoisotopic (exact) mass is 430 g/mol. The molecule has 3 amide bonds. The number of aliphatic hydroxyl groups is 2. The fourth-order valence-corrected chi connectivity index (χ4v) is 3.85. The molecule has 0 saturated carbocycles. The molecule has 3 rings (SSSR count). The fourth-order valence-electron chi connectivity index (χ4n) is 3.10. The molecule has 9 nitrogen and oxygen atoms in total. The summed E-state index contributed by atoms with van der Waals surface area (Å²) in [7, 11) is 0. The number of nitrogens with one attached hydrogen (secondary N) is 2. The predicted octanol–water partition coefficient (Wildman–Crippen LogP) is -0.494. The van der Waals surface area contributed by atoms with Gasteiger partial charge in [-0.15, -0.1) is 11.3 Å². The van der Waals surface area contributed by atoms with Gasteiger partial charge in [-0.1, -0.05) is 12.1 Å². The molecule has 2 aromatic rings. The van der Waals surface area contributed by atoms with Crippen LogP contribution in [0.3, 0.4) is 0 Å². The molecule has 0 saturated heterocycles. The van der Waals surface area contributed by atoms with E-state index in [9.17, 15) is 24.6 Å². The van der Waals surface area contributed by atoms with Crippen molar-refractivity contribution in [1.82, 2.24) is 15.6 Å². The van der Waals surface area contributed by atoms with Crippen LogP contribution in [0.25, 0.3) is 0 Å². The molecule has 2 heterocycles. The first-order valence-corrected chi connectivity index (χ1v) is 10.1. The topological polar surface area (TPSA) is 155 Å². The molecule has 0 spiro atoms. The quantitative estimate of drug-likeness (QED) is 0.399. The lowest BCUT2D eigenvalue weighted by Gasteiger charge is -2.31. The van der Waals surface area contributed by atoms with Crippen LogP contribution < -0.4 is 16.4 Å². The minimum Gasteiger partial charge on any atom is -0.390 e. The standard InChI is InChI=1S/C20H22N4O5S/c21-18(27)15(9-13-4-2-6-30-13)24-20(29)12-7-14(17(26)16(25)8-12)23-19(28)11-3-1-5-22-10-11/h1-7,10,14-17,25-26H,8-9H2,(H2,21,27)(H,23,28)(H,24,29). The first-order valence-electron chi connectivity index (χ1n) is 9.25. The Morgan fingerprint density at radius 2 is 2.03 bits per heavy atom. The molecular weight excluding hydrogens is 408 g/mol. The van der Waals surface area contributed by atoms with Crippen LogP contribution in [-0.4, -0.2) is 57.2 Å². The van der Waals surface area contributed by atoms with Gasteiger partial charge >= 0.3 is 0 Å². The van der Waals surface area contributed by atoms with Crippen molar-refractivity contribution in [2.45, 2.75) is 37.1 Å². The minimum absolute atomic E-state index is 0.128. The number of carbonyl (C=O) groups is 3. The second kappa shape index (κ2) is 9.61. The largest absolute Gasteiger partial charge is 0.390 e. The maximum absolute atomic E-state index is 12.7. The maximum Gasteiger partial charge on any atom is 0.253 e. The summed E-state index contributed by atoms with van der Waals surface area (Å²) in [4.78, 5) is 41.6. The molecule has 158 valence electrons. The van der Waals surface area contributed by atoms with Crippen molar-refractivity contribution in [2.75, 3.05) is 0 Å². The molecule has 4 atom stereocenters. The molecular formula is C20H22N4O5S. The van der Waals surface area contributed by atoms with Gasteiger partial charge in [-0.3, -0.25) is 19.4 Å². The average molecular weight is 430 g/mol. The summed E-state index contributed by atoms with van der Waals surface area (Å²) in [5, 5.41) is 27.4. The Kier molecular flexibility index (Phi) is 6.93. The molecule has 10 heteroatoms. The lowest BCUT2D eigenvalue weighted by molar-refractivity contribution is -0.125. The normalized spacial score (nSPS) is 21.9. The molecule has 0 bridgehead atoms. The fraction of sp³-hybridized carbons (Fsp3) is 0.300. The highest BCUT2D eigenvalue weighted by Gasteiger charge is 2.34. The van der Waals surface area contributed by atoms with Crippen LogP contribution >= 0.6 is 11.3 Å². The average Bonchev–Trinajstić information content (AvgIpc) is 3.24. The van der Waals surface area contributed by atoms with E-state index in [1.807, 2.05) is 17.5 Å². The van der Waals surface area contributed by atoms with Crippen LogP contribution in [0.4, 0.5) is 0 Å². The molecule has 1 aliphatic carbocycles. The van der Waals surface area contributed by atoms with Crippen LogP contribution in [0.5, 0.6) is 0 Å². The first kappa shape index (κ1) is 21.6. The summed E-state index contributed by atoms with van der Waals surface area (Å²) < 4.78 is 0. The number of hydrogen-bond acceptors (Lipinski definition) is 7. The van der Waals surface area contributed by atoms with E-state index in [4.69, 9.17) is 5.73 Å². The van der Waals surface area contributed by atoms with Gasteiger partial charge in [0.15, 0.2) is 0 Å². The number of pyridine rings is 1. The summed E-state index contributed by atoms with van der Waals surface area (Å²) in [6.45, 7) is 0. The summed E-state index contributed by atoms with van der Waals surface area (Å²) >= 11 is 1.44. The van der Waals surface area contributed by atoms with Crippen LogP contribution in [0.1, 0.15) is 21.7 Å². The Balaban J connectivity index is 1.72. The molecule has 0 fully saturated rings. The number of nitrogens with two attached hydrogens (primary N) is 1. The van der Waals surface area contributed by atoms with E-state index in [2.05, 4.69) is 15.6 Å². The van der Waals surface area contributed by atoms with Crippen molar-refractivity contribution < 1.29 is 24.6 Å². The van der Waals surface area contributed by atoms with Crippen molar-refractivity contribution in [3.8, 4) is 0 Å². The number of aliphatic hydroxyl groups excluding tert-OH is 2. The molecule has 2 aromatic heterocycles. The third kappa shape index (κ3) is 5.29. The van der Waals surface area contributed by atoms with Gasteiger partial charge in [-0.25, -0.2) is 0 Å². The van der Waals surface area contributed by atoms with Gasteiger partial charge in [0.05, 0.1) is 17.7 Å². The minimum atomic E-state index is -1.29. The van der Waals surface area contributed by atoms with Crippen molar-refractivity contribution in [1.29, 1.82) is 0 Å². The number of thiophene rings is 1. The molecule has 4 unspecified atom stereocenters. The Morgan fingerprint density at radius 1 is 1.23 bits per heavy atom. The summed E-state index contributed by atoms with van der Waals surface area (Å²) in [6, 6.07) is 4.88. The van der Waals surface area contributed by atoms with Gasteiger partial charge in [0.1, 0.15) is 12.1 Å². The Bertz CT molecular complexity index is 932. The highest BCUT2D eigenvalue weighted by atomic mass is 32.1. The van der Waals surface area contributed by atoms with E-state index < -0.39 is 42.0 Å². The summed E-state index contributed by atoms with van der Waals surface area (Å²) in [5.74, 6) is -1.79. The van der Waals surface area contributed by atoms with Crippen LogP contribution in [-0.2, 0) is 16.0 Å². The zero-order valence-electron chi connectivity index (χ0n) is 15.9. The molecule has 1 aliphatic rings. The SMILES string of the molecule is NC(=O)C(Cc1cccs1)NC(=O)C1=CC(NC(=O)c2cccnc2)C(O)C(O)C1. The lowest BCUT2D eigenvalue weighted by Crippen LogP contribution is -2.52. The lowest BCUT2D eigenvalue weighted by atomic mass is 9.89. The number of aromatic nitrogens is 1. The number of nitrogens with zero attached hydrogens (tertiary/aromatic N) is 1. The molecule has 0 radical (unpaired) electrons. The van der Waals surface area contributed by atoms with Crippen LogP contribution in [0.15, 0.2) is 53.7 Å². The van der Waals surface area contributed by atoms with Crippen LogP contribution in [0.2, 0.25) is 0 Å². The van der Waals surface area contributed by atoms with E-state index in [1.54, 1.807) is 12.1 Å². The maximum atomic E-state index is 12.7. The zero-order valence-corrected chi connectivity index (χ0v) is 16.7. The Morgan fingerprint density at radius 3 is 2.67 bits per heavy atom. The number of primary amides is 1. The molecule has 0 aliphatic heterocycles. The summed E-state index contributed by atoms with van der Waals surface area (Å²) in [6.07, 6.45) is 1.82. The van der Waals surface area contributed by atoms with Gasteiger partial charge in [0, 0.05) is 35.7 Å². The first-order chi connectivity index (χ1) is 14.3. The molecule has 0 aromatic carbocycles. The Hall–Kier alpha value is -3.08. The predicted molar refractivity (Wildman–Crippen MR) is 109 cm³/mol. The van der Waals surface area contributed by atoms with E-state index in [-0.39, 0.29) is 24.0 Å². The second-order valence-electron chi connectivity index (χ2n) is 6.91. The third-order valence-corrected chi connectivity index (χ3v) is 5.62. The number of amides is 3. The molecule has 30 heavy (non-hydrogen) atoms. The van der Waals surface area contributed by atoms with Crippen LogP contribution in [0, 0.1) is 0 Å². The zero-order chi connectivity index (χ0) is 21.7. The van der Waals surface area contributed by atoms with Crippen molar-refractivity contribution >= 4 is 29.1 Å². The van der Waals surface area contributed by atoms with Crippen molar-refractivity contribution in [2.24, 2.45) is 5.73 Å². The van der Waals surface area contributed by atoms with E-state index in [1.165, 1.54) is 29.8 Å². The van der Waals surface area contributed by atoms with Gasteiger partial charge in [-0.2, -0.15) is 0 Å². The number of carbonyl (C=O) groups excluding carboxylic acids is 3. The van der Waals surface area contributed by atoms with E-state index in [0.29, 0.717) is 0 Å². The van der Waals surface area contributed by atoms with E-state index >= 15 is 0 Å². The van der Waals surface area contributed by atoms with Crippen molar-refractivity contribution in [3.63, 3.8) is 0 Å².